The van der Waals surface area contributed by atoms with E-state index in [4.69, 9.17) is 19.9 Å². The maximum absolute atomic E-state index is 11.7. The van der Waals surface area contributed by atoms with Crippen molar-refractivity contribution in [2.75, 3.05) is 26.1 Å². The first-order chi connectivity index (χ1) is 12.7. The summed E-state index contributed by atoms with van der Waals surface area (Å²) >= 11 is 0. The van der Waals surface area contributed by atoms with Gasteiger partial charge in [0.1, 0.15) is 23.3 Å². The van der Waals surface area contributed by atoms with E-state index in [2.05, 4.69) is 15.0 Å². The van der Waals surface area contributed by atoms with Gasteiger partial charge in [0.05, 0.1) is 20.0 Å². The van der Waals surface area contributed by atoms with E-state index in [0.717, 1.165) is 5.75 Å². The molecule has 0 amide bonds. The molecule has 2 heterocycles. The molecule has 0 atom stereocenters. The molecule has 136 valence electrons. The number of hydrogen-bond donors (Lipinski definition) is 1. The fraction of sp³-hybridized carbons (Fsp3) is 0.294. The highest BCUT2D eigenvalue weighted by atomic mass is 16.6. The Morgan fingerprint density at radius 2 is 1.92 bits per heavy atom. The van der Waals surface area contributed by atoms with E-state index in [-0.39, 0.29) is 13.2 Å². The highest BCUT2D eigenvalue weighted by molar-refractivity contribution is 5.81. The predicted octanol–water partition coefficient (Wildman–Crippen LogP) is 1.43. The lowest BCUT2D eigenvalue weighted by molar-refractivity contribution is -0.146. The number of ether oxygens (including phenoxy) is 3. The molecule has 0 aliphatic rings. The van der Waals surface area contributed by atoms with Crippen LogP contribution in [0.25, 0.3) is 11.2 Å². The number of nitrogens with zero attached hydrogens (tertiary/aromatic N) is 4. The lowest BCUT2D eigenvalue weighted by Gasteiger charge is -2.08. The molecule has 9 heteroatoms. The number of nitrogens with two attached hydrogens (primary N) is 1. The van der Waals surface area contributed by atoms with E-state index >= 15 is 0 Å². The third kappa shape index (κ3) is 4.18. The minimum Gasteiger partial charge on any atom is -0.497 e. The van der Waals surface area contributed by atoms with Gasteiger partial charge in [0, 0.05) is 6.54 Å². The number of imidazole rings is 1. The Morgan fingerprint density at radius 3 is 2.69 bits per heavy atom. The van der Waals surface area contributed by atoms with Gasteiger partial charge in [-0.15, -0.1) is 0 Å². The van der Waals surface area contributed by atoms with Crippen LogP contribution < -0.4 is 15.2 Å². The van der Waals surface area contributed by atoms with Crippen LogP contribution in [0.2, 0.25) is 0 Å². The number of aromatic nitrogens is 4. The monoisotopic (exact) mass is 357 g/mol. The molecule has 26 heavy (non-hydrogen) atoms. The van der Waals surface area contributed by atoms with Crippen LogP contribution in [0.5, 0.6) is 11.5 Å². The first kappa shape index (κ1) is 17.5. The van der Waals surface area contributed by atoms with Crippen LogP contribution in [-0.4, -0.2) is 45.8 Å². The molecular weight excluding hydrogens is 338 g/mol. The van der Waals surface area contributed by atoms with Gasteiger partial charge < -0.3 is 24.5 Å². The standard InChI is InChI=1S/C17H19N5O4/c1-24-12-3-5-13(6-4-12)26-9-14(23)25-8-2-7-22-11-21-15-16(18)19-10-20-17(15)22/h3-6,10-11H,2,7-9H2,1H3,(H2,18,19,20). The van der Waals surface area contributed by atoms with Gasteiger partial charge in [-0.25, -0.2) is 19.7 Å². The molecule has 3 aromatic rings. The molecule has 0 aliphatic carbocycles. The van der Waals surface area contributed by atoms with E-state index in [1.807, 2.05) is 4.57 Å². The van der Waals surface area contributed by atoms with E-state index in [9.17, 15) is 4.79 Å². The van der Waals surface area contributed by atoms with Gasteiger partial charge in [-0.1, -0.05) is 0 Å². The molecule has 0 fully saturated rings. The zero-order valence-electron chi connectivity index (χ0n) is 14.3. The molecule has 9 nitrogen and oxygen atoms in total. The maximum atomic E-state index is 11.7. The maximum Gasteiger partial charge on any atom is 0.344 e. The first-order valence-corrected chi connectivity index (χ1v) is 8.01. The molecule has 0 unspecified atom stereocenters. The summed E-state index contributed by atoms with van der Waals surface area (Å²) in [4.78, 5) is 24.0. The Labute approximate surface area is 149 Å². The number of aryl methyl sites for hydroxylation is 1. The van der Waals surface area contributed by atoms with Crippen LogP contribution in [0, 0.1) is 0 Å². The van der Waals surface area contributed by atoms with Crippen LogP contribution in [0.15, 0.2) is 36.9 Å². The van der Waals surface area contributed by atoms with E-state index in [1.165, 1.54) is 6.33 Å². The second kappa shape index (κ2) is 8.15. The SMILES string of the molecule is COc1ccc(OCC(=O)OCCCn2cnc3c(N)ncnc32)cc1. The smallest absolute Gasteiger partial charge is 0.344 e. The number of hydrogen-bond acceptors (Lipinski definition) is 8. The highest BCUT2D eigenvalue weighted by Gasteiger charge is 2.08. The van der Waals surface area contributed by atoms with Crippen LogP contribution in [-0.2, 0) is 16.1 Å². The van der Waals surface area contributed by atoms with Crippen molar-refractivity contribution in [2.24, 2.45) is 0 Å². The van der Waals surface area contributed by atoms with E-state index < -0.39 is 5.97 Å². The second-order valence-corrected chi connectivity index (χ2v) is 5.41. The molecule has 0 bridgehead atoms. The number of esters is 1. The van der Waals surface area contributed by atoms with Gasteiger partial charge in [-0.3, -0.25) is 0 Å². The van der Waals surface area contributed by atoms with Gasteiger partial charge in [-0.2, -0.15) is 0 Å². The zero-order chi connectivity index (χ0) is 18.4. The molecule has 0 aliphatic heterocycles. The van der Waals surface area contributed by atoms with Crippen LogP contribution in [0.4, 0.5) is 5.82 Å². The van der Waals surface area contributed by atoms with Crippen molar-refractivity contribution >= 4 is 23.0 Å². The highest BCUT2D eigenvalue weighted by Crippen LogP contribution is 2.17. The number of rotatable bonds is 8. The topological polar surface area (TPSA) is 114 Å². The van der Waals surface area contributed by atoms with Crippen molar-refractivity contribution in [3.8, 4) is 11.5 Å². The number of benzene rings is 1. The van der Waals surface area contributed by atoms with Gasteiger partial charge >= 0.3 is 5.97 Å². The number of nitrogen functional groups attached to an aromatic ring is 1. The third-order valence-electron chi connectivity index (χ3n) is 3.65. The van der Waals surface area contributed by atoms with Crippen LogP contribution >= 0.6 is 0 Å². The Hall–Kier alpha value is -3.36. The van der Waals surface area contributed by atoms with Crippen molar-refractivity contribution < 1.29 is 19.0 Å². The van der Waals surface area contributed by atoms with Gasteiger partial charge in [0.2, 0.25) is 0 Å². The van der Waals surface area contributed by atoms with Gasteiger partial charge in [0.15, 0.2) is 18.1 Å². The minimum absolute atomic E-state index is 0.149. The second-order valence-electron chi connectivity index (χ2n) is 5.41. The average Bonchev–Trinajstić information content (AvgIpc) is 3.08. The number of methoxy groups -OCH3 is 1. The average molecular weight is 357 g/mol. The molecule has 1 aromatic carbocycles. The number of carbonyl (C=O) groups excluding carboxylic acids is 1. The Morgan fingerprint density at radius 1 is 1.15 bits per heavy atom. The summed E-state index contributed by atoms with van der Waals surface area (Å²) in [5.41, 5.74) is 6.97. The van der Waals surface area contributed by atoms with Crippen molar-refractivity contribution in [2.45, 2.75) is 13.0 Å². The zero-order valence-corrected chi connectivity index (χ0v) is 14.3. The molecule has 2 aromatic heterocycles. The summed E-state index contributed by atoms with van der Waals surface area (Å²) < 4.78 is 17.4. The molecule has 0 saturated carbocycles. The van der Waals surface area contributed by atoms with Crippen LogP contribution in [0.3, 0.4) is 0 Å². The summed E-state index contributed by atoms with van der Waals surface area (Å²) in [5.74, 6) is 1.21. The van der Waals surface area contributed by atoms with Crippen molar-refractivity contribution in [3.63, 3.8) is 0 Å². The van der Waals surface area contributed by atoms with Gasteiger partial charge in [-0.05, 0) is 30.7 Å². The van der Waals surface area contributed by atoms with E-state index in [1.54, 1.807) is 37.7 Å². The molecule has 3 rings (SSSR count). The fourth-order valence-corrected chi connectivity index (χ4v) is 2.34. The normalized spacial score (nSPS) is 10.7. The van der Waals surface area contributed by atoms with Crippen LogP contribution in [0.1, 0.15) is 6.42 Å². The first-order valence-electron chi connectivity index (χ1n) is 8.01. The summed E-state index contributed by atoms with van der Waals surface area (Å²) in [6.45, 7) is 0.717. The Kier molecular flexibility index (Phi) is 5.47. The molecule has 0 spiro atoms. The molecule has 0 radical (unpaired) electrons. The Balaban J connectivity index is 1.40. The largest absolute Gasteiger partial charge is 0.497 e. The van der Waals surface area contributed by atoms with Crippen molar-refractivity contribution in [1.82, 2.24) is 19.5 Å². The third-order valence-corrected chi connectivity index (χ3v) is 3.65. The predicted molar refractivity (Wildman–Crippen MR) is 93.8 cm³/mol. The fourth-order valence-electron chi connectivity index (χ4n) is 2.34. The number of anilines is 1. The minimum atomic E-state index is -0.428. The number of carbonyl (C=O) groups is 1. The number of fused-ring (bicyclic) bond motifs is 1. The lowest BCUT2D eigenvalue weighted by Crippen LogP contribution is -2.16. The van der Waals surface area contributed by atoms with Gasteiger partial charge in [0.25, 0.3) is 0 Å². The summed E-state index contributed by atoms with van der Waals surface area (Å²) in [6, 6.07) is 6.96. The molecule has 0 saturated heterocycles. The van der Waals surface area contributed by atoms with E-state index in [0.29, 0.717) is 35.7 Å². The lowest BCUT2D eigenvalue weighted by atomic mass is 10.3. The quantitative estimate of drug-likeness (QED) is 0.476. The molecular formula is C17H19N5O4. The Bertz CT molecular complexity index is 878. The summed E-state index contributed by atoms with van der Waals surface area (Å²) in [7, 11) is 1.59. The van der Waals surface area contributed by atoms with Crippen molar-refractivity contribution in [1.29, 1.82) is 0 Å². The molecule has 2 N–H and O–H groups in total. The summed E-state index contributed by atoms with van der Waals surface area (Å²) in [6.07, 6.45) is 3.65. The van der Waals surface area contributed by atoms with Crippen molar-refractivity contribution in [3.05, 3.63) is 36.9 Å². The summed E-state index contributed by atoms with van der Waals surface area (Å²) in [5, 5.41) is 0.